The Labute approximate surface area is 200 Å². The highest BCUT2D eigenvalue weighted by Gasteiger charge is 2.67. The Bertz CT molecular complexity index is 1260. The van der Waals surface area contributed by atoms with Crippen LogP contribution < -0.4 is 10.6 Å². The molecule has 5 aliphatic rings. The van der Waals surface area contributed by atoms with Crippen LogP contribution in [-0.2, 0) is 19.7 Å². The molecule has 6 nitrogen and oxygen atoms in total. The number of nitrogens with two attached hydrogens (primary N) is 1. The molecule has 2 spiro atoms. The summed E-state index contributed by atoms with van der Waals surface area (Å²) in [4.78, 5) is 30.6. The highest BCUT2D eigenvalue weighted by Crippen LogP contribution is 2.63. The summed E-state index contributed by atoms with van der Waals surface area (Å²) in [5, 5.41) is 10.3. The number of nitriles is 1. The van der Waals surface area contributed by atoms with Crippen LogP contribution in [0.15, 0.2) is 41.0 Å². The lowest BCUT2D eigenvalue weighted by molar-refractivity contribution is -0.127. The van der Waals surface area contributed by atoms with Gasteiger partial charge >= 0.3 is 0 Å². The monoisotopic (exact) mass is 457 g/mol. The van der Waals surface area contributed by atoms with Gasteiger partial charge in [-0.3, -0.25) is 9.59 Å². The SMILES string of the molecule is C[C@@H]1CC2(CCCCC2)N2C(=O)[C@]3(C(C#N)=C(N)OC4=C3C(=O)CC(C)(C)C4)c3cccc1c32. The average molecular weight is 458 g/mol. The molecule has 1 aromatic carbocycles. The number of fused-ring (bicyclic) bond motifs is 3. The van der Waals surface area contributed by atoms with E-state index in [1.54, 1.807) is 0 Å². The first kappa shape index (κ1) is 21.5. The number of hydrogen-bond donors (Lipinski definition) is 1. The lowest BCUT2D eigenvalue weighted by atomic mass is 9.62. The molecule has 6 heteroatoms. The van der Waals surface area contributed by atoms with Crippen molar-refractivity contribution >= 4 is 17.4 Å². The number of amides is 1. The van der Waals surface area contributed by atoms with Gasteiger partial charge in [-0.15, -0.1) is 0 Å². The van der Waals surface area contributed by atoms with Crippen LogP contribution in [0.5, 0.6) is 0 Å². The molecule has 1 amide bonds. The molecule has 0 saturated heterocycles. The van der Waals surface area contributed by atoms with Gasteiger partial charge in [-0.1, -0.05) is 58.2 Å². The van der Waals surface area contributed by atoms with Crippen molar-refractivity contribution in [2.75, 3.05) is 4.90 Å². The molecule has 1 saturated carbocycles. The summed E-state index contributed by atoms with van der Waals surface area (Å²) in [6.45, 7) is 6.27. The van der Waals surface area contributed by atoms with Crippen LogP contribution in [0.4, 0.5) is 5.69 Å². The Balaban J connectivity index is 1.70. The van der Waals surface area contributed by atoms with E-state index in [1.807, 2.05) is 30.9 Å². The van der Waals surface area contributed by atoms with Crippen LogP contribution in [0.2, 0.25) is 0 Å². The van der Waals surface area contributed by atoms with Crippen molar-refractivity contribution in [3.63, 3.8) is 0 Å². The number of para-hydroxylation sites is 1. The van der Waals surface area contributed by atoms with Gasteiger partial charge in [-0.2, -0.15) is 5.26 Å². The summed E-state index contributed by atoms with van der Waals surface area (Å²) in [6.07, 6.45) is 6.91. The fourth-order valence-electron chi connectivity index (χ4n) is 7.64. The second-order valence-electron chi connectivity index (χ2n) is 11.7. The fraction of sp³-hybridized carbons (Fsp3) is 0.536. The summed E-state index contributed by atoms with van der Waals surface area (Å²) in [5.74, 6) is 0.376. The van der Waals surface area contributed by atoms with Crippen molar-refractivity contribution < 1.29 is 14.3 Å². The van der Waals surface area contributed by atoms with Crippen molar-refractivity contribution in [3.8, 4) is 6.07 Å². The summed E-state index contributed by atoms with van der Waals surface area (Å²) >= 11 is 0. The molecule has 1 fully saturated rings. The Morgan fingerprint density at radius 2 is 1.88 bits per heavy atom. The Hall–Kier alpha value is -3.07. The topological polar surface area (TPSA) is 96.4 Å². The van der Waals surface area contributed by atoms with E-state index in [1.165, 1.54) is 6.42 Å². The van der Waals surface area contributed by atoms with Gasteiger partial charge in [0.1, 0.15) is 22.8 Å². The van der Waals surface area contributed by atoms with Gasteiger partial charge in [0.05, 0.1) is 11.3 Å². The number of ketones is 1. The highest BCUT2D eigenvalue weighted by molar-refractivity contribution is 6.21. The molecule has 0 unspecified atom stereocenters. The smallest absolute Gasteiger partial charge is 0.248 e. The Morgan fingerprint density at radius 1 is 1.15 bits per heavy atom. The Kier molecular flexibility index (Phi) is 4.26. The number of ether oxygens (including phenoxy) is 1. The molecule has 0 bridgehead atoms. The molecular formula is C28H31N3O3. The van der Waals surface area contributed by atoms with Crippen LogP contribution >= 0.6 is 0 Å². The van der Waals surface area contributed by atoms with Crippen LogP contribution in [0.3, 0.4) is 0 Å². The number of nitrogens with zero attached hydrogens (tertiary/aromatic N) is 2. The molecule has 3 aliphatic heterocycles. The lowest BCUT2D eigenvalue weighted by Gasteiger charge is -2.51. The number of rotatable bonds is 0. The summed E-state index contributed by atoms with van der Waals surface area (Å²) in [6, 6.07) is 8.20. The molecule has 176 valence electrons. The normalized spacial score (nSPS) is 30.9. The van der Waals surface area contributed by atoms with E-state index in [2.05, 4.69) is 19.1 Å². The number of carbonyl (C=O) groups excluding carboxylic acids is 2. The van der Waals surface area contributed by atoms with E-state index in [0.29, 0.717) is 24.2 Å². The minimum atomic E-state index is -1.51. The number of anilines is 1. The van der Waals surface area contributed by atoms with Crippen molar-refractivity contribution in [2.45, 2.75) is 89.0 Å². The van der Waals surface area contributed by atoms with Crippen molar-refractivity contribution in [1.82, 2.24) is 0 Å². The third-order valence-corrected chi connectivity index (χ3v) is 8.87. The van der Waals surface area contributed by atoms with E-state index in [4.69, 9.17) is 10.5 Å². The molecular weight excluding hydrogens is 426 g/mol. The summed E-state index contributed by atoms with van der Waals surface area (Å²) in [5.41, 5.74) is 7.41. The van der Waals surface area contributed by atoms with Crippen LogP contribution in [-0.4, -0.2) is 17.2 Å². The number of benzene rings is 1. The molecule has 3 heterocycles. The second-order valence-corrected chi connectivity index (χ2v) is 11.7. The van der Waals surface area contributed by atoms with E-state index < -0.39 is 5.41 Å². The second kappa shape index (κ2) is 6.75. The highest BCUT2D eigenvalue weighted by atomic mass is 16.5. The molecule has 0 aromatic heterocycles. The van der Waals surface area contributed by atoms with Crippen LogP contribution in [0, 0.1) is 16.7 Å². The van der Waals surface area contributed by atoms with Crippen LogP contribution in [0.1, 0.15) is 89.2 Å². The Morgan fingerprint density at radius 3 is 2.59 bits per heavy atom. The quantitative estimate of drug-likeness (QED) is 0.601. The van der Waals surface area contributed by atoms with Gasteiger partial charge in [-0.25, -0.2) is 0 Å². The maximum absolute atomic E-state index is 14.9. The maximum atomic E-state index is 14.9. The van der Waals surface area contributed by atoms with Gasteiger partial charge < -0.3 is 15.4 Å². The molecule has 2 atom stereocenters. The van der Waals surface area contributed by atoms with Gasteiger partial charge in [0.25, 0.3) is 0 Å². The summed E-state index contributed by atoms with van der Waals surface area (Å²) < 4.78 is 5.95. The van der Waals surface area contributed by atoms with Crippen molar-refractivity contribution in [2.24, 2.45) is 11.1 Å². The molecule has 2 aliphatic carbocycles. The number of carbonyl (C=O) groups is 2. The lowest BCUT2D eigenvalue weighted by Crippen LogP contribution is -2.59. The van der Waals surface area contributed by atoms with E-state index in [0.717, 1.165) is 48.9 Å². The maximum Gasteiger partial charge on any atom is 0.248 e. The fourth-order valence-corrected chi connectivity index (χ4v) is 7.64. The molecule has 0 radical (unpaired) electrons. The average Bonchev–Trinajstić information content (AvgIpc) is 3.02. The van der Waals surface area contributed by atoms with Crippen molar-refractivity contribution in [1.29, 1.82) is 5.26 Å². The number of Topliss-reactive ketones (excluding diaryl/α,β-unsaturated/α-hetero) is 1. The minimum Gasteiger partial charge on any atom is -0.444 e. The third-order valence-electron chi connectivity index (χ3n) is 8.87. The molecule has 2 N–H and O–H groups in total. The standard InChI is InChI=1S/C28H31N3O3/c1-16-12-27(10-5-4-6-11-27)31-23-17(16)8-7-9-18(23)28(25(31)33)19(15-29)24(30)34-21-14-26(2,3)13-20(32)22(21)28/h7-9,16H,4-6,10-14,30H2,1-3H3/t16-,28+/m1/s1. The zero-order valence-corrected chi connectivity index (χ0v) is 20.2. The van der Waals surface area contributed by atoms with Crippen LogP contribution in [0.25, 0.3) is 0 Å². The molecule has 6 rings (SSSR count). The van der Waals surface area contributed by atoms with Gasteiger partial charge in [-0.05, 0) is 36.2 Å². The number of allylic oxidation sites excluding steroid dienone is 1. The van der Waals surface area contributed by atoms with E-state index in [-0.39, 0.29) is 40.0 Å². The summed E-state index contributed by atoms with van der Waals surface area (Å²) in [7, 11) is 0. The van der Waals surface area contributed by atoms with Crippen molar-refractivity contribution in [3.05, 3.63) is 52.1 Å². The van der Waals surface area contributed by atoms with E-state index in [9.17, 15) is 14.9 Å². The number of hydrogen-bond acceptors (Lipinski definition) is 5. The predicted octanol–water partition coefficient (Wildman–Crippen LogP) is 4.85. The van der Waals surface area contributed by atoms with E-state index >= 15 is 0 Å². The third kappa shape index (κ3) is 2.45. The van der Waals surface area contributed by atoms with Gasteiger partial charge in [0.2, 0.25) is 11.8 Å². The molecule has 1 aromatic rings. The van der Waals surface area contributed by atoms with Gasteiger partial charge in [0.15, 0.2) is 5.78 Å². The predicted molar refractivity (Wildman–Crippen MR) is 127 cm³/mol. The zero-order valence-electron chi connectivity index (χ0n) is 20.2. The first-order valence-corrected chi connectivity index (χ1v) is 12.5. The van der Waals surface area contributed by atoms with Gasteiger partial charge in [0, 0.05) is 23.9 Å². The first-order valence-electron chi connectivity index (χ1n) is 12.5. The first-order chi connectivity index (χ1) is 16.2. The minimum absolute atomic E-state index is 0.0525. The largest absolute Gasteiger partial charge is 0.444 e. The molecule has 34 heavy (non-hydrogen) atoms. The zero-order chi connectivity index (χ0) is 24.0.